The highest BCUT2D eigenvalue weighted by Crippen LogP contribution is 2.15. The largest absolute Gasteiger partial charge is 0.481 e. The molecule has 0 amide bonds. The van der Waals surface area contributed by atoms with Gasteiger partial charge in [-0.3, -0.25) is 4.79 Å². The Hall–Kier alpha value is -0.570. The molecular weight excluding hydrogens is 324 g/mol. The molecule has 0 aliphatic carbocycles. The number of unbranched alkanes of at least 4 members (excludes halogenated alkanes) is 15. The molecule has 156 valence electrons. The fourth-order valence-corrected chi connectivity index (χ4v) is 3.55. The Labute approximate surface area is 163 Å². The molecule has 1 unspecified atom stereocenters. The maximum absolute atomic E-state index is 10.4. The summed E-state index contributed by atoms with van der Waals surface area (Å²) in [4.78, 5) is 10.4. The van der Waals surface area contributed by atoms with Gasteiger partial charge in [0.25, 0.3) is 0 Å². The molecule has 3 heteroatoms. The number of rotatable bonds is 21. The number of carboxylic acid groups (broad SMARTS) is 1. The van der Waals surface area contributed by atoms with Crippen LogP contribution in [0.15, 0.2) is 0 Å². The zero-order chi connectivity index (χ0) is 19.3. The van der Waals surface area contributed by atoms with Crippen LogP contribution >= 0.6 is 0 Å². The first-order valence-corrected chi connectivity index (χ1v) is 11.6. The molecule has 0 bridgehead atoms. The van der Waals surface area contributed by atoms with Gasteiger partial charge < -0.3 is 10.2 Å². The zero-order valence-corrected chi connectivity index (χ0v) is 17.5. The van der Waals surface area contributed by atoms with E-state index in [0.717, 1.165) is 25.7 Å². The first-order valence-electron chi connectivity index (χ1n) is 11.6. The molecule has 1 atom stereocenters. The van der Waals surface area contributed by atoms with Crippen molar-refractivity contribution in [2.75, 3.05) is 0 Å². The smallest absolute Gasteiger partial charge is 0.303 e. The predicted octanol–water partition coefficient (Wildman–Crippen LogP) is 7.25. The lowest BCUT2D eigenvalue weighted by atomic mass is 10.0. The first kappa shape index (κ1) is 25.4. The molecule has 0 radical (unpaired) electrons. The summed E-state index contributed by atoms with van der Waals surface area (Å²) >= 11 is 0. The van der Waals surface area contributed by atoms with Gasteiger partial charge in [-0.1, -0.05) is 110 Å². The summed E-state index contributed by atoms with van der Waals surface area (Å²) in [6.45, 7) is 2.27. The van der Waals surface area contributed by atoms with Crippen LogP contribution in [0.3, 0.4) is 0 Å². The van der Waals surface area contributed by atoms with Gasteiger partial charge in [0.2, 0.25) is 0 Å². The van der Waals surface area contributed by atoms with E-state index in [0.29, 0.717) is 6.42 Å². The van der Waals surface area contributed by atoms with E-state index < -0.39 is 5.97 Å². The number of carbonyl (C=O) groups is 1. The standard InChI is InChI=1S/C23H46O3/c1-2-3-4-5-6-7-8-9-10-11-12-13-14-15-16-19-22(24)20-17-18-21-23(25)26/h22,24H,2-21H2,1H3,(H,25,26). The summed E-state index contributed by atoms with van der Waals surface area (Å²) in [7, 11) is 0. The maximum Gasteiger partial charge on any atom is 0.303 e. The van der Waals surface area contributed by atoms with Gasteiger partial charge in [-0.25, -0.2) is 0 Å². The van der Waals surface area contributed by atoms with Crippen molar-refractivity contribution < 1.29 is 15.0 Å². The number of aliphatic carboxylic acids is 1. The van der Waals surface area contributed by atoms with Crippen molar-refractivity contribution in [3.63, 3.8) is 0 Å². The molecule has 0 aromatic carbocycles. The number of carboxylic acids is 1. The molecule has 2 N–H and O–H groups in total. The minimum Gasteiger partial charge on any atom is -0.481 e. The fourth-order valence-electron chi connectivity index (χ4n) is 3.55. The Bertz CT molecular complexity index is 291. The summed E-state index contributed by atoms with van der Waals surface area (Å²) in [6.07, 6.45) is 23.6. The van der Waals surface area contributed by atoms with E-state index in [9.17, 15) is 9.90 Å². The van der Waals surface area contributed by atoms with Gasteiger partial charge in [-0.2, -0.15) is 0 Å². The van der Waals surface area contributed by atoms with Gasteiger partial charge >= 0.3 is 5.97 Å². The van der Waals surface area contributed by atoms with E-state index in [-0.39, 0.29) is 12.5 Å². The molecule has 26 heavy (non-hydrogen) atoms. The minimum atomic E-state index is -0.734. The van der Waals surface area contributed by atoms with Crippen LogP contribution in [0.4, 0.5) is 0 Å². The average Bonchev–Trinajstić information content (AvgIpc) is 2.62. The Kier molecular flexibility index (Phi) is 20.3. The van der Waals surface area contributed by atoms with Crippen LogP contribution in [0.25, 0.3) is 0 Å². The molecule has 0 spiro atoms. The van der Waals surface area contributed by atoms with Gasteiger partial charge in [0.15, 0.2) is 0 Å². The molecular formula is C23H46O3. The van der Waals surface area contributed by atoms with Crippen molar-refractivity contribution >= 4 is 5.97 Å². The summed E-state index contributed by atoms with van der Waals surface area (Å²) in [6, 6.07) is 0. The normalized spacial score (nSPS) is 12.4. The van der Waals surface area contributed by atoms with Crippen molar-refractivity contribution in [1.29, 1.82) is 0 Å². The highest BCUT2D eigenvalue weighted by atomic mass is 16.4. The van der Waals surface area contributed by atoms with Crippen LogP contribution in [0.5, 0.6) is 0 Å². The quantitative estimate of drug-likeness (QED) is 0.209. The maximum atomic E-state index is 10.4. The van der Waals surface area contributed by atoms with Crippen molar-refractivity contribution in [3.8, 4) is 0 Å². The summed E-state index contributed by atoms with van der Waals surface area (Å²) in [5, 5.41) is 18.4. The van der Waals surface area contributed by atoms with E-state index in [1.165, 1.54) is 89.9 Å². The zero-order valence-electron chi connectivity index (χ0n) is 17.5. The van der Waals surface area contributed by atoms with Gasteiger partial charge in [0.05, 0.1) is 6.10 Å². The lowest BCUT2D eigenvalue weighted by Crippen LogP contribution is -2.06. The monoisotopic (exact) mass is 370 g/mol. The lowest BCUT2D eigenvalue weighted by molar-refractivity contribution is -0.137. The van der Waals surface area contributed by atoms with Crippen LogP contribution in [0, 0.1) is 0 Å². The molecule has 0 aromatic heterocycles. The van der Waals surface area contributed by atoms with Crippen LogP contribution in [0.2, 0.25) is 0 Å². The van der Waals surface area contributed by atoms with Crippen molar-refractivity contribution in [3.05, 3.63) is 0 Å². The SMILES string of the molecule is CCCCCCCCCCCCCCCCCC(O)CCCCC(=O)O. The van der Waals surface area contributed by atoms with E-state index in [1.807, 2.05) is 0 Å². The predicted molar refractivity (Wildman–Crippen MR) is 112 cm³/mol. The third-order valence-corrected chi connectivity index (χ3v) is 5.32. The number of hydrogen-bond donors (Lipinski definition) is 2. The number of aliphatic hydroxyl groups excluding tert-OH is 1. The number of hydrogen-bond acceptors (Lipinski definition) is 2. The molecule has 0 aliphatic heterocycles. The second-order valence-corrected chi connectivity index (χ2v) is 8.03. The molecule has 0 aliphatic rings. The Morgan fingerprint density at radius 3 is 1.35 bits per heavy atom. The lowest BCUT2D eigenvalue weighted by Gasteiger charge is -2.09. The molecule has 0 fully saturated rings. The summed E-state index contributed by atoms with van der Waals surface area (Å²) in [5.41, 5.74) is 0. The van der Waals surface area contributed by atoms with Crippen molar-refractivity contribution in [1.82, 2.24) is 0 Å². The molecule has 0 rings (SSSR count). The summed E-state index contributed by atoms with van der Waals surface area (Å²) in [5.74, 6) is -0.734. The Balaban J connectivity index is 3.11. The first-order chi connectivity index (χ1) is 12.7. The van der Waals surface area contributed by atoms with E-state index in [2.05, 4.69) is 6.92 Å². The second-order valence-electron chi connectivity index (χ2n) is 8.03. The highest BCUT2D eigenvalue weighted by molar-refractivity contribution is 5.66. The van der Waals surface area contributed by atoms with Gasteiger partial charge in [0, 0.05) is 6.42 Å². The molecule has 0 aromatic rings. The topological polar surface area (TPSA) is 57.5 Å². The van der Waals surface area contributed by atoms with Crippen LogP contribution < -0.4 is 0 Å². The fraction of sp³-hybridized carbons (Fsp3) is 0.957. The van der Waals surface area contributed by atoms with E-state index in [1.54, 1.807) is 0 Å². The molecule has 3 nitrogen and oxygen atoms in total. The molecule has 0 heterocycles. The van der Waals surface area contributed by atoms with Gasteiger partial charge in [-0.15, -0.1) is 0 Å². The number of aliphatic hydroxyl groups is 1. The van der Waals surface area contributed by atoms with Crippen molar-refractivity contribution in [2.24, 2.45) is 0 Å². The van der Waals surface area contributed by atoms with E-state index in [4.69, 9.17) is 5.11 Å². The second kappa shape index (κ2) is 20.7. The van der Waals surface area contributed by atoms with Gasteiger partial charge in [0.1, 0.15) is 0 Å². The van der Waals surface area contributed by atoms with Crippen molar-refractivity contribution in [2.45, 2.75) is 141 Å². The van der Waals surface area contributed by atoms with Crippen LogP contribution in [-0.4, -0.2) is 22.3 Å². The third-order valence-electron chi connectivity index (χ3n) is 5.32. The summed E-state index contributed by atoms with van der Waals surface area (Å²) < 4.78 is 0. The highest BCUT2D eigenvalue weighted by Gasteiger charge is 2.04. The Morgan fingerprint density at radius 1 is 0.615 bits per heavy atom. The molecule has 0 saturated carbocycles. The van der Waals surface area contributed by atoms with Crippen LogP contribution in [0.1, 0.15) is 135 Å². The molecule has 0 saturated heterocycles. The van der Waals surface area contributed by atoms with Gasteiger partial charge in [-0.05, 0) is 19.3 Å². The Morgan fingerprint density at radius 2 is 0.962 bits per heavy atom. The van der Waals surface area contributed by atoms with E-state index >= 15 is 0 Å². The average molecular weight is 371 g/mol. The third kappa shape index (κ3) is 21.5. The minimum absolute atomic E-state index is 0.228. The van der Waals surface area contributed by atoms with Crippen LogP contribution in [-0.2, 0) is 4.79 Å².